The van der Waals surface area contributed by atoms with Crippen LogP contribution in [0, 0.1) is 20.8 Å². The fraction of sp³-hybridized carbons (Fsp3) is 0.647. The molecule has 1 aliphatic rings. The van der Waals surface area contributed by atoms with E-state index in [1.165, 1.54) is 35.2 Å². The molecule has 1 aromatic rings. The molecule has 1 aromatic carbocycles. The van der Waals surface area contributed by atoms with E-state index in [-0.39, 0.29) is 0 Å². The molecule has 0 aliphatic carbocycles. The van der Waals surface area contributed by atoms with Crippen molar-refractivity contribution >= 4 is 0 Å². The minimum atomic E-state index is 0.510. The normalized spacial score (nSPS) is 21.1. The van der Waals surface area contributed by atoms with E-state index in [4.69, 9.17) is 0 Å². The summed E-state index contributed by atoms with van der Waals surface area (Å²) in [7, 11) is 0. The van der Waals surface area contributed by atoms with Crippen LogP contribution in [-0.4, -0.2) is 30.6 Å². The van der Waals surface area contributed by atoms with Gasteiger partial charge in [0.15, 0.2) is 0 Å². The van der Waals surface area contributed by atoms with Crippen molar-refractivity contribution in [3.63, 3.8) is 0 Å². The molecule has 1 heterocycles. The van der Waals surface area contributed by atoms with Gasteiger partial charge in [0.05, 0.1) is 0 Å². The molecule has 2 atom stereocenters. The molecule has 106 valence electrons. The average Bonchev–Trinajstić information content (AvgIpc) is 2.82. The lowest BCUT2D eigenvalue weighted by Gasteiger charge is -2.35. The second kappa shape index (κ2) is 6.06. The predicted molar refractivity (Wildman–Crippen MR) is 82.7 cm³/mol. The molecule has 0 amide bonds. The monoisotopic (exact) mass is 260 g/mol. The molecule has 2 nitrogen and oxygen atoms in total. The lowest BCUT2D eigenvalue weighted by molar-refractivity contribution is 0.162. The maximum absolute atomic E-state index is 3.49. The first-order chi connectivity index (χ1) is 9.04. The van der Waals surface area contributed by atoms with E-state index in [9.17, 15) is 0 Å². The molecule has 1 fully saturated rings. The van der Waals surface area contributed by atoms with Crippen LogP contribution in [0.4, 0.5) is 0 Å². The first-order valence-electron chi connectivity index (χ1n) is 7.58. The summed E-state index contributed by atoms with van der Waals surface area (Å²) >= 11 is 0. The average molecular weight is 260 g/mol. The van der Waals surface area contributed by atoms with Gasteiger partial charge in [-0.15, -0.1) is 0 Å². The van der Waals surface area contributed by atoms with Gasteiger partial charge in [0, 0.05) is 18.6 Å². The second-order valence-electron chi connectivity index (χ2n) is 5.97. The van der Waals surface area contributed by atoms with Crippen LogP contribution < -0.4 is 5.32 Å². The zero-order valence-corrected chi connectivity index (χ0v) is 13.1. The molecule has 0 saturated carbocycles. The van der Waals surface area contributed by atoms with Crippen molar-refractivity contribution in [1.29, 1.82) is 0 Å². The number of nitrogens with one attached hydrogen (secondary N) is 1. The number of likely N-dealkylation sites (N-methyl/N-ethyl adjacent to an activating group) is 1. The van der Waals surface area contributed by atoms with Crippen molar-refractivity contribution in [2.75, 3.05) is 19.6 Å². The molecule has 2 heteroatoms. The van der Waals surface area contributed by atoms with E-state index >= 15 is 0 Å². The molecule has 1 N–H and O–H groups in total. The fourth-order valence-electron chi connectivity index (χ4n) is 3.79. The Bertz CT molecular complexity index is 410. The molecule has 1 aliphatic heterocycles. The zero-order chi connectivity index (χ0) is 14.0. The minimum Gasteiger partial charge on any atom is -0.315 e. The molecular weight excluding hydrogens is 232 g/mol. The Hall–Kier alpha value is -0.860. The number of benzene rings is 1. The van der Waals surface area contributed by atoms with Crippen molar-refractivity contribution in [3.05, 3.63) is 34.4 Å². The third kappa shape index (κ3) is 3.01. The molecule has 0 bridgehead atoms. The Labute approximate surface area is 118 Å². The Morgan fingerprint density at radius 3 is 2.37 bits per heavy atom. The Balaban J connectivity index is 2.29. The van der Waals surface area contributed by atoms with E-state index in [1.807, 2.05) is 0 Å². The van der Waals surface area contributed by atoms with Crippen LogP contribution in [0.2, 0.25) is 0 Å². The highest BCUT2D eigenvalue weighted by Gasteiger charge is 2.27. The molecular formula is C17H28N2. The lowest BCUT2D eigenvalue weighted by atomic mass is 9.93. The summed E-state index contributed by atoms with van der Waals surface area (Å²) in [6, 6.07) is 5.84. The summed E-state index contributed by atoms with van der Waals surface area (Å²) in [6.07, 6.45) is 1.28. The van der Waals surface area contributed by atoms with Gasteiger partial charge in [-0.05, 0) is 63.9 Å². The summed E-state index contributed by atoms with van der Waals surface area (Å²) in [5, 5.41) is 3.49. The highest BCUT2D eigenvalue weighted by Crippen LogP contribution is 2.30. The molecule has 2 rings (SSSR count). The fourth-order valence-corrected chi connectivity index (χ4v) is 3.79. The van der Waals surface area contributed by atoms with Crippen LogP contribution in [0.25, 0.3) is 0 Å². The van der Waals surface area contributed by atoms with Crippen LogP contribution in [0.1, 0.15) is 48.6 Å². The van der Waals surface area contributed by atoms with Crippen molar-refractivity contribution < 1.29 is 0 Å². The van der Waals surface area contributed by atoms with Crippen molar-refractivity contribution in [2.45, 2.75) is 53.1 Å². The highest BCUT2D eigenvalue weighted by molar-refractivity contribution is 5.39. The van der Waals surface area contributed by atoms with Gasteiger partial charge in [-0.1, -0.05) is 24.6 Å². The van der Waals surface area contributed by atoms with Gasteiger partial charge in [-0.2, -0.15) is 0 Å². The third-order valence-electron chi connectivity index (χ3n) is 4.52. The Morgan fingerprint density at radius 1 is 1.26 bits per heavy atom. The van der Waals surface area contributed by atoms with Crippen LogP contribution >= 0.6 is 0 Å². The van der Waals surface area contributed by atoms with Gasteiger partial charge >= 0.3 is 0 Å². The van der Waals surface area contributed by atoms with Gasteiger partial charge in [0.25, 0.3) is 0 Å². The molecule has 0 aromatic heterocycles. The van der Waals surface area contributed by atoms with Gasteiger partial charge in [0.2, 0.25) is 0 Å². The molecule has 2 unspecified atom stereocenters. The molecule has 19 heavy (non-hydrogen) atoms. The van der Waals surface area contributed by atoms with Crippen molar-refractivity contribution in [1.82, 2.24) is 10.2 Å². The number of rotatable bonds is 4. The highest BCUT2D eigenvalue weighted by atomic mass is 15.2. The third-order valence-corrected chi connectivity index (χ3v) is 4.52. The SMILES string of the molecule is CCN(C1CCNC1)C(C)c1c(C)cc(C)cc1C. The van der Waals surface area contributed by atoms with Crippen molar-refractivity contribution in [2.24, 2.45) is 0 Å². The van der Waals surface area contributed by atoms with Gasteiger partial charge in [-0.25, -0.2) is 0 Å². The Morgan fingerprint density at radius 2 is 1.89 bits per heavy atom. The molecule has 0 spiro atoms. The quantitative estimate of drug-likeness (QED) is 0.893. The van der Waals surface area contributed by atoms with Crippen molar-refractivity contribution in [3.8, 4) is 0 Å². The molecule has 0 radical (unpaired) electrons. The summed E-state index contributed by atoms with van der Waals surface area (Å²) in [4.78, 5) is 2.66. The minimum absolute atomic E-state index is 0.510. The second-order valence-corrected chi connectivity index (χ2v) is 5.97. The van der Waals surface area contributed by atoms with E-state index < -0.39 is 0 Å². The number of aryl methyl sites for hydroxylation is 3. The van der Waals surface area contributed by atoms with Gasteiger partial charge in [0.1, 0.15) is 0 Å². The Kier molecular flexibility index (Phi) is 4.64. The first-order valence-corrected chi connectivity index (χ1v) is 7.58. The maximum atomic E-state index is 3.49. The molecule has 1 saturated heterocycles. The number of hydrogen-bond acceptors (Lipinski definition) is 2. The standard InChI is InChI=1S/C17H28N2/c1-6-19(16-7-8-18-11-16)15(5)17-13(3)9-12(2)10-14(17)4/h9-10,15-16,18H,6-8,11H2,1-5H3. The summed E-state index contributed by atoms with van der Waals surface area (Å²) < 4.78 is 0. The van der Waals surface area contributed by atoms with E-state index in [2.05, 4.69) is 57.0 Å². The lowest BCUT2D eigenvalue weighted by Crippen LogP contribution is -2.39. The van der Waals surface area contributed by atoms with E-state index in [1.54, 1.807) is 0 Å². The predicted octanol–water partition coefficient (Wildman–Crippen LogP) is 3.36. The number of hydrogen-bond donors (Lipinski definition) is 1. The summed E-state index contributed by atoms with van der Waals surface area (Å²) in [6.45, 7) is 14.8. The van der Waals surface area contributed by atoms with Crippen LogP contribution in [-0.2, 0) is 0 Å². The smallest absolute Gasteiger partial charge is 0.0328 e. The topological polar surface area (TPSA) is 15.3 Å². The van der Waals surface area contributed by atoms with Crippen LogP contribution in [0.3, 0.4) is 0 Å². The summed E-state index contributed by atoms with van der Waals surface area (Å²) in [5.41, 5.74) is 5.78. The summed E-state index contributed by atoms with van der Waals surface area (Å²) in [5.74, 6) is 0. The largest absolute Gasteiger partial charge is 0.315 e. The van der Waals surface area contributed by atoms with Crippen LogP contribution in [0.15, 0.2) is 12.1 Å². The van der Waals surface area contributed by atoms with Gasteiger partial charge < -0.3 is 5.32 Å². The maximum Gasteiger partial charge on any atom is 0.0328 e. The van der Waals surface area contributed by atoms with E-state index in [0.29, 0.717) is 12.1 Å². The van der Waals surface area contributed by atoms with Gasteiger partial charge in [-0.3, -0.25) is 4.90 Å². The first kappa shape index (κ1) is 14.5. The van der Waals surface area contributed by atoms with Crippen LogP contribution in [0.5, 0.6) is 0 Å². The van der Waals surface area contributed by atoms with E-state index in [0.717, 1.165) is 13.1 Å². The zero-order valence-electron chi connectivity index (χ0n) is 13.1. The number of nitrogens with zero attached hydrogens (tertiary/aromatic N) is 1.